The lowest BCUT2D eigenvalue weighted by Crippen LogP contribution is -2.29. The Labute approximate surface area is 212 Å². The quantitative estimate of drug-likeness (QED) is 0.150. The number of anilines is 1. The lowest BCUT2D eigenvalue weighted by molar-refractivity contribution is -0.209. The fraction of sp³-hybridized carbons (Fsp3) is 0.650. The van der Waals surface area contributed by atoms with Gasteiger partial charge in [0.05, 0.1) is 31.2 Å². The number of ether oxygens (including phenoxy) is 6. The summed E-state index contributed by atoms with van der Waals surface area (Å²) in [6, 6.07) is -0.306. The Hall–Kier alpha value is -3.04. The molecule has 0 saturated carbocycles. The van der Waals surface area contributed by atoms with Crippen molar-refractivity contribution in [2.45, 2.75) is 58.8 Å². The maximum Gasteiger partial charge on any atom is 0.513 e. The lowest BCUT2D eigenvalue weighted by atomic mass is 10.2. The molecule has 0 aromatic carbocycles. The van der Waals surface area contributed by atoms with Crippen molar-refractivity contribution < 1.29 is 52.0 Å². The maximum atomic E-state index is 12.5. The van der Waals surface area contributed by atoms with Crippen LogP contribution in [0.3, 0.4) is 0 Å². The van der Waals surface area contributed by atoms with E-state index in [0.717, 1.165) is 0 Å². The van der Waals surface area contributed by atoms with Crippen molar-refractivity contribution in [3.63, 3.8) is 0 Å². The number of imidazole rings is 1. The Morgan fingerprint density at radius 2 is 1.68 bits per heavy atom. The molecule has 0 saturated heterocycles. The summed E-state index contributed by atoms with van der Waals surface area (Å²) < 4.78 is 48.5. The van der Waals surface area contributed by atoms with Crippen LogP contribution in [0.15, 0.2) is 12.7 Å². The van der Waals surface area contributed by atoms with E-state index in [1.165, 1.54) is 19.8 Å². The minimum absolute atomic E-state index is 0.0145. The molecule has 2 rings (SSSR count). The zero-order valence-corrected chi connectivity index (χ0v) is 22.0. The van der Waals surface area contributed by atoms with E-state index in [2.05, 4.69) is 24.4 Å². The Kier molecular flexibility index (Phi) is 11.5. The molecular formula is C20H32N5O11P. The van der Waals surface area contributed by atoms with Gasteiger partial charge >= 0.3 is 26.4 Å². The van der Waals surface area contributed by atoms with Crippen LogP contribution in [0.1, 0.15) is 40.2 Å². The Morgan fingerprint density at radius 1 is 1.05 bits per heavy atom. The molecule has 16 nitrogen and oxygen atoms in total. The average Bonchev–Trinajstić information content (AvgIpc) is 3.19. The van der Waals surface area contributed by atoms with Gasteiger partial charge in [0.15, 0.2) is 11.5 Å². The van der Waals surface area contributed by atoms with E-state index in [9.17, 15) is 19.0 Å². The van der Waals surface area contributed by atoms with Gasteiger partial charge < -0.3 is 43.6 Å². The van der Waals surface area contributed by atoms with E-state index < -0.39 is 44.9 Å². The van der Waals surface area contributed by atoms with Crippen LogP contribution in [0.2, 0.25) is 0 Å². The van der Waals surface area contributed by atoms with Crippen LogP contribution in [-0.2, 0) is 37.5 Å². The topological polar surface area (TPSA) is 206 Å². The van der Waals surface area contributed by atoms with Crippen LogP contribution < -0.4 is 5.73 Å². The third kappa shape index (κ3) is 10.1. The second-order valence-electron chi connectivity index (χ2n) is 8.12. The predicted molar refractivity (Wildman–Crippen MR) is 126 cm³/mol. The third-order valence-electron chi connectivity index (χ3n) is 4.29. The summed E-state index contributed by atoms with van der Waals surface area (Å²) >= 11 is 0. The summed E-state index contributed by atoms with van der Waals surface area (Å²) in [5.74, 6) is 0.225. The number of nitrogen functional groups attached to an aromatic ring is 1. The second kappa shape index (κ2) is 14.0. The van der Waals surface area contributed by atoms with Crippen molar-refractivity contribution in [1.82, 2.24) is 19.5 Å². The minimum Gasteiger partial charge on any atom is -0.431 e. The Balaban J connectivity index is 1.97. The van der Waals surface area contributed by atoms with Gasteiger partial charge in [0.25, 0.3) is 0 Å². The number of nitrogens with zero attached hydrogens (tertiary/aromatic N) is 4. The molecule has 2 aromatic heterocycles. The molecule has 208 valence electrons. The first kappa shape index (κ1) is 30.2. The van der Waals surface area contributed by atoms with E-state index in [1.807, 2.05) is 0 Å². The molecule has 2 aromatic rings. The fourth-order valence-corrected chi connectivity index (χ4v) is 3.64. The van der Waals surface area contributed by atoms with Crippen LogP contribution in [0.4, 0.5) is 15.4 Å². The van der Waals surface area contributed by atoms with Gasteiger partial charge in [-0.05, 0) is 34.1 Å². The highest BCUT2D eigenvalue weighted by Crippen LogP contribution is 2.43. The van der Waals surface area contributed by atoms with Gasteiger partial charge in [0.1, 0.15) is 18.2 Å². The summed E-state index contributed by atoms with van der Waals surface area (Å²) in [5, 5.41) is 0. The summed E-state index contributed by atoms with van der Waals surface area (Å²) in [6.07, 6.45) is -1.38. The number of methoxy groups -OCH3 is 1. The number of carbonyl (C=O) groups excluding carboxylic acids is 2. The molecule has 2 heterocycles. The molecule has 0 radical (unpaired) electrons. The van der Waals surface area contributed by atoms with Gasteiger partial charge in [-0.1, -0.05) is 0 Å². The molecule has 0 spiro atoms. The third-order valence-corrected chi connectivity index (χ3v) is 5.30. The molecule has 17 heteroatoms. The highest BCUT2D eigenvalue weighted by Gasteiger charge is 2.32. The highest BCUT2D eigenvalue weighted by molar-refractivity contribution is 7.52. The maximum absolute atomic E-state index is 12.5. The standard InChI is InChI=1S/C20H32N5O11P/c1-12(2)32-18(26)34-20(35-19(27)33-13(3)4)36-37(28,29)11-31-7-6-14(8-30-5)25-10-24-15-16(21)22-9-23-17(15)25/h9-10,12-14,20H,6-8,11H2,1-5H3,(H,28,29)(H2,21,22,23). The minimum atomic E-state index is -4.59. The first-order valence-electron chi connectivity index (χ1n) is 11.2. The van der Waals surface area contributed by atoms with Crippen LogP contribution in [-0.4, -0.2) is 82.1 Å². The Bertz CT molecular complexity index is 1060. The number of fused-ring (bicyclic) bond motifs is 1. The number of hydrogen-bond acceptors (Lipinski definition) is 14. The lowest BCUT2D eigenvalue weighted by Gasteiger charge is -2.22. The molecule has 0 fully saturated rings. The molecule has 3 N–H and O–H groups in total. The molecule has 0 amide bonds. The van der Waals surface area contributed by atoms with Gasteiger partial charge in [0.2, 0.25) is 0 Å². The summed E-state index contributed by atoms with van der Waals surface area (Å²) in [6.45, 7) is 4.19. The van der Waals surface area contributed by atoms with Crippen LogP contribution in [0.5, 0.6) is 0 Å². The predicted octanol–water partition coefficient (Wildman–Crippen LogP) is 2.57. The van der Waals surface area contributed by atoms with E-state index in [1.54, 1.807) is 32.3 Å². The smallest absolute Gasteiger partial charge is 0.431 e. The average molecular weight is 549 g/mol. The zero-order chi connectivity index (χ0) is 27.6. The van der Waals surface area contributed by atoms with Gasteiger partial charge in [-0.3, -0.25) is 4.57 Å². The zero-order valence-electron chi connectivity index (χ0n) is 21.1. The van der Waals surface area contributed by atoms with Crippen molar-refractivity contribution in [2.24, 2.45) is 0 Å². The number of hydrogen-bond donors (Lipinski definition) is 2. The van der Waals surface area contributed by atoms with E-state index >= 15 is 0 Å². The van der Waals surface area contributed by atoms with Crippen LogP contribution in [0.25, 0.3) is 11.2 Å². The normalized spacial score (nSPS) is 14.1. The first-order valence-corrected chi connectivity index (χ1v) is 12.9. The molecule has 37 heavy (non-hydrogen) atoms. The highest BCUT2D eigenvalue weighted by atomic mass is 31.2. The van der Waals surface area contributed by atoms with Crippen LogP contribution >= 0.6 is 7.60 Å². The van der Waals surface area contributed by atoms with Gasteiger partial charge in [-0.2, -0.15) is 0 Å². The second-order valence-corrected chi connectivity index (χ2v) is 9.86. The molecule has 2 atom stereocenters. The van der Waals surface area contributed by atoms with Gasteiger partial charge in [0, 0.05) is 13.7 Å². The van der Waals surface area contributed by atoms with E-state index in [0.29, 0.717) is 17.6 Å². The molecule has 2 unspecified atom stereocenters. The molecule has 0 bridgehead atoms. The number of aromatic nitrogens is 4. The van der Waals surface area contributed by atoms with Crippen molar-refractivity contribution in [3.8, 4) is 0 Å². The van der Waals surface area contributed by atoms with Crippen molar-refractivity contribution in [2.75, 3.05) is 32.4 Å². The monoisotopic (exact) mass is 549 g/mol. The fourth-order valence-electron chi connectivity index (χ4n) is 2.86. The summed E-state index contributed by atoms with van der Waals surface area (Å²) in [7, 11) is -3.07. The van der Waals surface area contributed by atoms with Gasteiger partial charge in [-0.25, -0.2) is 29.1 Å². The number of nitrogens with two attached hydrogens (primary N) is 1. The van der Waals surface area contributed by atoms with Crippen molar-refractivity contribution >= 4 is 36.9 Å². The first-order chi connectivity index (χ1) is 17.4. The molecule has 0 aliphatic carbocycles. The SMILES string of the molecule is COCC(CCOCP(=O)(O)OC(OC(=O)OC(C)C)OC(=O)OC(C)C)n1cnc2c(N)ncnc21. The number of carbonyl (C=O) groups is 2. The van der Waals surface area contributed by atoms with Crippen molar-refractivity contribution in [1.29, 1.82) is 0 Å². The molecular weight excluding hydrogens is 517 g/mol. The largest absolute Gasteiger partial charge is 0.513 e. The summed E-state index contributed by atoms with van der Waals surface area (Å²) in [5.41, 5.74) is 6.74. The Morgan fingerprint density at radius 3 is 2.24 bits per heavy atom. The van der Waals surface area contributed by atoms with E-state index in [-0.39, 0.29) is 25.1 Å². The van der Waals surface area contributed by atoms with E-state index in [4.69, 9.17) is 29.2 Å². The van der Waals surface area contributed by atoms with Gasteiger partial charge in [-0.15, -0.1) is 0 Å². The molecule has 0 aliphatic rings. The molecule has 0 aliphatic heterocycles. The van der Waals surface area contributed by atoms with Crippen molar-refractivity contribution in [3.05, 3.63) is 12.7 Å². The number of rotatable bonds is 14. The van der Waals surface area contributed by atoms with Crippen LogP contribution in [0, 0.1) is 0 Å². The summed E-state index contributed by atoms with van der Waals surface area (Å²) in [4.78, 5) is 46.0.